The van der Waals surface area contributed by atoms with Crippen LogP contribution in [0, 0.1) is 5.92 Å². The van der Waals surface area contributed by atoms with Gasteiger partial charge in [0.1, 0.15) is 12.2 Å². The Labute approximate surface area is 114 Å². The lowest BCUT2D eigenvalue weighted by molar-refractivity contribution is 0.456. The zero-order valence-corrected chi connectivity index (χ0v) is 11.9. The standard InChI is InChI=1S/C15H22N4/c1-12(2)14(13-7-5-4-6-8-13)9-16-10-15-18-17-11-19(15)3/h4-8,11-12,14,16H,9-10H2,1-3H3. The summed E-state index contributed by atoms with van der Waals surface area (Å²) in [6.07, 6.45) is 1.73. The third-order valence-electron chi connectivity index (χ3n) is 3.48. The van der Waals surface area contributed by atoms with Crippen LogP contribution in [0.4, 0.5) is 0 Å². The molecule has 0 bridgehead atoms. The van der Waals surface area contributed by atoms with Crippen molar-refractivity contribution in [3.63, 3.8) is 0 Å². The van der Waals surface area contributed by atoms with Gasteiger partial charge in [-0.25, -0.2) is 0 Å². The highest BCUT2D eigenvalue weighted by atomic mass is 15.3. The molecular formula is C15H22N4. The second kappa shape index (κ2) is 6.48. The Morgan fingerprint density at radius 3 is 2.53 bits per heavy atom. The molecule has 0 aliphatic carbocycles. The van der Waals surface area contributed by atoms with Crippen LogP contribution in [-0.2, 0) is 13.6 Å². The fourth-order valence-corrected chi connectivity index (χ4v) is 2.25. The van der Waals surface area contributed by atoms with Crippen molar-refractivity contribution < 1.29 is 0 Å². The molecule has 1 unspecified atom stereocenters. The maximum absolute atomic E-state index is 4.08. The number of nitrogens with zero attached hydrogens (tertiary/aromatic N) is 3. The SMILES string of the molecule is CC(C)C(CNCc1nncn1C)c1ccccc1. The van der Waals surface area contributed by atoms with E-state index in [0.717, 1.165) is 18.9 Å². The van der Waals surface area contributed by atoms with Crippen molar-refractivity contribution >= 4 is 0 Å². The maximum Gasteiger partial charge on any atom is 0.146 e. The zero-order chi connectivity index (χ0) is 13.7. The third kappa shape index (κ3) is 3.64. The van der Waals surface area contributed by atoms with Gasteiger partial charge in [-0.3, -0.25) is 0 Å². The van der Waals surface area contributed by atoms with Gasteiger partial charge in [0, 0.05) is 13.6 Å². The van der Waals surface area contributed by atoms with Crippen LogP contribution in [0.15, 0.2) is 36.7 Å². The van der Waals surface area contributed by atoms with Crippen LogP contribution < -0.4 is 5.32 Å². The first kappa shape index (κ1) is 13.7. The van der Waals surface area contributed by atoms with Crippen LogP contribution in [0.2, 0.25) is 0 Å². The Morgan fingerprint density at radius 1 is 1.21 bits per heavy atom. The van der Waals surface area contributed by atoms with Gasteiger partial charge in [-0.15, -0.1) is 10.2 Å². The number of aromatic nitrogens is 3. The molecule has 102 valence electrons. The minimum atomic E-state index is 0.523. The Bertz CT molecular complexity index is 490. The van der Waals surface area contributed by atoms with Gasteiger partial charge in [-0.1, -0.05) is 44.2 Å². The van der Waals surface area contributed by atoms with Crippen LogP contribution in [0.25, 0.3) is 0 Å². The van der Waals surface area contributed by atoms with Crippen LogP contribution >= 0.6 is 0 Å². The monoisotopic (exact) mass is 258 g/mol. The van der Waals surface area contributed by atoms with Crippen molar-refractivity contribution in [1.29, 1.82) is 0 Å². The number of hydrogen-bond donors (Lipinski definition) is 1. The molecule has 2 aromatic rings. The highest BCUT2D eigenvalue weighted by Gasteiger charge is 2.15. The molecule has 0 saturated heterocycles. The fraction of sp³-hybridized carbons (Fsp3) is 0.467. The van der Waals surface area contributed by atoms with Gasteiger partial charge in [-0.05, 0) is 17.4 Å². The van der Waals surface area contributed by atoms with Crippen molar-refractivity contribution in [1.82, 2.24) is 20.1 Å². The number of hydrogen-bond acceptors (Lipinski definition) is 3. The topological polar surface area (TPSA) is 42.7 Å². The second-order valence-electron chi connectivity index (χ2n) is 5.25. The van der Waals surface area contributed by atoms with Gasteiger partial charge in [0.15, 0.2) is 0 Å². The summed E-state index contributed by atoms with van der Waals surface area (Å²) in [7, 11) is 1.97. The van der Waals surface area contributed by atoms with E-state index in [0.29, 0.717) is 11.8 Å². The highest BCUT2D eigenvalue weighted by Crippen LogP contribution is 2.23. The molecule has 2 rings (SSSR count). The highest BCUT2D eigenvalue weighted by molar-refractivity contribution is 5.20. The lowest BCUT2D eigenvalue weighted by atomic mass is 9.88. The molecule has 19 heavy (non-hydrogen) atoms. The Morgan fingerprint density at radius 2 is 1.95 bits per heavy atom. The minimum absolute atomic E-state index is 0.523. The summed E-state index contributed by atoms with van der Waals surface area (Å²) in [6, 6.07) is 10.7. The predicted molar refractivity (Wildman–Crippen MR) is 76.7 cm³/mol. The summed E-state index contributed by atoms with van der Waals surface area (Å²) >= 11 is 0. The average molecular weight is 258 g/mol. The van der Waals surface area contributed by atoms with E-state index in [1.165, 1.54) is 5.56 Å². The van der Waals surface area contributed by atoms with E-state index in [4.69, 9.17) is 0 Å². The molecule has 0 fully saturated rings. The van der Waals surface area contributed by atoms with Crippen molar-refractivity contribution in [2.24, 2.45) is 13.0 Å². The predicted octanol–water partition coefficient (Wildman–Crippen LogP) is 2.34. The van der Waals surface area contributed by atoms with Gasteiger partial charge in [0.25, 0.3) is 0 Å². The molecule has 0 aliphatic heterocycles. The van der Waals surface area contributed by atoms with Gasteiger partial charge >= 0.3 is 0 Å². The summed E-state index contributed by atoms with van der Waals surface area (Å²) in [6.45, 7) is 6.24. The molecule has 4 heteroatoms. The second-order valence-corrected chi connectivity index (χ2v) is 5.25. The first-order chi connectivity index (χ1) is 9.18. The molecule has 0 aliphatic rings. The van der Waals surface area contributed by atoms with Gasteiger partial charge in [0.05, 0.1) is 6.54 Å². The first-order valence-corrected chi connectivity index (χ1v) is 6.77. The van der Waals surface area contributed by atoms with E-state index in [9.17, 15) is 0 Å². The first-order valence-electron chi connectivity index (χ1n) is 6.77. The minimum Gasteiger partial charge on any atom is -0.320 e. The summed E-state index contributed by atoms with van der Waals surface area (Å²) < 4.78 is 1.94. The van der Waals surface area contributed by atoms with E-state index in [2.05, 4.69) is 59.7 Å². The molecule has 0 radical (unpaired) electrons. The van der Waals surface area contributed by atoms with Crippen LogP contribution in [0.3, 0.4) is 0 Å². The largest absolute Gasteiger partial charge is 0.320 e. The van der Waals surface area contributed by atoms with E-state index in [1.54, 1.807) is 6.33 Å². The summed E-state index contributed by atoms with van der Waals surface area (Å²) in [5.41, 5.74) is 1.39. The zero-order valence-electron chi connectivity index (χ0n) is 11.9. The number of aryl methyl sites for hydroxylation is 1. The normalized spacial score (nSPS) is 12.8. The van der Waals surface area contributed by atoms with Crippen LogP contribution in [0.5, 0.6) is 0 Å². The maximum atomic E-state index is 4.08. The number of benzene rings is 1. The molecule has 4 nitrogen and oxygen atoms in total. The van der Waals surface area contributed by atoms with Crippen LogP contribution in [-0.4, -0.2) is 21.3 Å². The van der Waals surface area contributed by atoms with E-state index in [1.807, 2.05) is 11.6 Å². The Hall–Kier alpha value is -1.68. The van der Waals surface area contributed by atoms with Gasteiger partial charge < -0.3 is 9.88 Å². The van der Waals surface area contributed by atoms with Crippen LogP contribution in [0.1, 0.15) is 31.2 Å². The summed E-state index contributed by atoms with van der Waals surface area (Å²) in [5, 5.41) is 11.5. The Kier molecular flexibility index (Phi) is 4.68. The molecule has 0 saturated carbocycles. The van der Waals surface area contributed by atoms with Crippen molar-refractivity contribution in [3.05, 3.63) is 48.0 Å². The van der Waals surface area contributed by atoms with Gasteiger partial charge in [-0.2, -0.15) is 0 Å². The number of nitrogens with one attached hydrogen (secondary N) is 1. The smallest absolute Gasteiger partial charge is 0.146 e. The molecule has 1 heterocycles. The van der Waals surface area contributed by atoms with Crippen molar-refractivity contribution in [2.75, 3.05) is 6.54 Å². The van der Waals surface area contributed by atoms with Crippen molar-refractivity contribution in [2.45, 2.75) is 26.3 Å². The third-order valence-corrected chi connectivity index (χ3v) is 3.48. The van der Waals surface area contributed by atoms with Crippen molar-refractivity contribution in [3.8, 4) is 0 Å². The van der Waals surface area contributed by atoms with Gasteiger partial charge in [0.2, 0.25) is 0 Å². The molecule has 1 aromatic heterocycles. The quantitative estimate of drug-likeness (QED) is 0.865. The molecule has 0 amide bonds. The lowest BCUT2D eigenvalue weighted by Gasteiger charge is -2.21. The van der Waals surface area contributed by atoms with E-state index < -0.39 is 0 Å². The van der Waals surface area contributed by atoms with E-state index in [-0.39, 0.29) is 0 Å². The number of rotatable bonds is 6. The molecule has 1 N–H and O–H groups in total. The molecule has 1 atom stereocenters. The molecular weight excluding hydrogens is 236 g/mol. The summed E-state index contributed by atoms with van der Waals surface area (Å²) in [5.74, 6) is 2.10. The fourth-order valence-electron chi connectivity index (χ4n) is 2.25. The lowest BCUT2D eigenvalue weighted by Crippen LogP contribution is -2.25. The summed E-state index contributed by atoms with van der Waals surface area (Å²) in [4.78, 5) is 0. The average Bonchev–Trinajstić information content (AvgIpc) is 2.81. The Balaban J connectivity index is 1.93. The molecule has 1 aromatic carbocycles. The molecule has 0 spiro atoms. The van der Waals surface area contributed by atoms with E-state index >= 15 is 0 Å².